The van der Waals surface area contributed by atoms with Crippen LogP contribution in [-0.2, 0) is 0 Å². The molecule has 0 aromatic heterocycles. The lowest BCUT2D eigenvalue weighted by Gasteiger charge is -2.09. The van der Waals surface area contributed by atoms with Crippen LogP contribution < -0.4 is 10.6 Å². The minimum atomic E-state index is -0.225. The second kappa shape index (κ2) is 7.94. The van der Waals surface area contributed by atoms with Gasteiger partial charge in [0.15, 0.2) is 0 Å². The number of rotatable bonds is 4. The van der Waals surface area contributed by atoms with Gasteiger partial charge in [-0.1, -0.05) is 36.4 Å². The molecule has 0 fully saturated rings. The topological polar surface area (TPSA) is 58.2 Å². The molecule has 5 heteroatoms. The van der Waals surface area contributed by atoms with Gasteiger partial charge in [-0.3, -0.25) is 9.59 Å². The summed E-state index contributed by atoms with van der Waals surface area (Å²) < 4.78 is 0.871. The number of amides is 2. The number of anilines is 2. The van der Waals surface area contributed by atoms with E-state index in [1.807, 2.05) is 48.5 Å². The van der Waals surface area contributed by atoms with Crippen molar-refractivity contribution in [2.75, 3.05) is 10.6 Å². The summed E-state index contributed by atoms with van der Waals surface area (Å²) in [6.07, 6.45) is 0. The summed E-state index contributed by atoms with van der Waals surface area (Å²) in [6, 6.07) is 23.4. The van der Waals surface area contributed by atoms with Gasteiger partial charge in [-0.05, 0) is 65.1 Å². The molecule has 2 amide bonds. The van der Waals surface area contributed by atoms with Crippen molar-refractivity contribution < 1.29 is 9.59 Å². The predicted molar refractivity (Wildman–Crippen MR) is 108 cm³/mol. The van der Waals surface area contributed by atoms with Crippen molar-refractivity contribution in [1.82, 2.24) is 0 Å². The van der Waals surface area contributed by atoms with Crippen LogP contribution in [0.15, 0.2) is 78.9 Å². The zero-order valence-electron chi connectivity index (χ0n) is 13.2. The molecule has 0 bridgehead atoms. The van der Waals surface area contributed by atoms with E-state index in [2.05, 4.69) is 33.2 Å². The fourth-order valence-corrected chi connectivity index (χ4v) is 2.94. The maximum atomic E-state index is 12.4. The molecule has 0 saturated carbocycles. The van der Waals surface area contributed by atoms with Crippen LogP contribution in [0.1, 0.15) is 20.7 Å². The lowest BCUT2D eigenvalue weighted by molar-refractivity contribution is 0.101. The molecule has 3 aromatic rings. The molecule has 0 atom stereocenters. The van der Waals surface area contributed by atoms with Crippen LogP contribution in [0.4, 0.5) is 11.4 Å². The smallest absolute Gasteiger partial charge is 0.256 e. The quantitative estimate of drug-likeness (QED) is 0.571. The van der Waals surface area contributed by atoms with Crippen molar-refractivity contribution in [1.29, 1.82) is 0 Å². The fourth-order valence-electron chi connectivity index (χ4n) is 2.31. The molecule has 3 rings (SSSR count). The maximum Gasteiger partial charge on any atom is 0.256 e. The van der Waals surface area contributed by atoms with E-state index in [9.17, 15) is 9.59 Å². The first-order valence-corrected chi connectivity index (χ1v) is 8.74. The Kier molecular flexibility index (Phi) is 5.45. The summed E-state index contributed by atoms with van der Waals surface area (Å²) in [6.45, 7) is 0. The van der Waals surface area contributed by atoms with Crippen molar-refractivity contribution >= 4 is 45.8 Å². The zero-order chi connectivity index (χ0) is 17.6. The second-order valence-corrected chi connectivity index (χ2v) is 6.50. The van der Waals surface area contributed by atoms with Crippen LogP contribution >= 0.6 is 22.6 Å². The van der Waals surface area contributed by atoms with Gasteiger partial charge in [-0.15, -0.1) is 0 Å². The van der Waals surface area contributed by atoms with Gasteiger partial charge < -0.3 is 10.6 Å². The lowest BCUT2D eigenvalue weighted by atomic mass is 10.1. The molecule has 0 heterocycles. The molecule has 0 aliphatic heterocycles. The number of carbonyl (C=O) groups is 2. The summed E-state index contributed by atoms with van der Waals surface area (Å²) in [5.74, 6) is -0.429. The third kappa shape index (κ3) is 4.45. The van der Waals surface area contributed by atoms with Crippen LogP contribution in [-0.4, -0.2) is 11.8 Å². The van der Waals surface area contributed by atoms with Crippen LogP contribution in [0.5, 0.6) is 0 Å². The van der Waals surface area contributed by atoms with Crippen molar-refractivity contribution in [2.24, 2.45) is 0 Å². The first kappa shape index (κ1) is 17.2. The summed E-state index contributed by atoms with van der Waals surface area (Å²) in [5.41, 5.74) is 2.37. The van der Waals surface area contributed by atoms with Gasteiger partial charge in [-0.25, -0.2) is 0 Å². The maximum absolute atomic E-state index is 12.4. The van der Waals surface area contributed by atoms with E-state index in [0.29, 0.717) is 16.8 Å². The predicted octanol–water partition coefficient (Wildman–Crippen LogP) is 4.80. The van der Waals surface area contributed by atoms with E-state index in [-0.39, 0.29) is 11.8 Å². The zero-order valence-corrected chi connectivity index (χ0v) is 15.4. The van der Waals surface area contributed by atoms with E-state index < -0.39 is 0 Å². The van der Waals surface area contributed by atoms with E-state index in [4.69, 9.17) is 0 Å². The standard InChI is InChI=1S/C20H15IN2O2/c21-18-12-5-4-11-17(18)20(25)23-16-10-6-7-14(13-16)19(24)22-15-8-2-1-3-9-15/h1-13H,(H,22,24)(H,23,25). The summed E-state index contributed by atoms with van der Waals surface area (Å²) >= 11 is 2.12. The first-order valence-electron chi connectivity index (χ1n) is 7.66. The minimum absolute atomic E-state index is 0.203. The highest BCUT2D eigenvalue weighted by atomic mass is 127. The molecule has 0 aliphatic rings. The third-order valence-corrected chi connectivity index (χ3v) is 4.47. The van der Waals surface area contributed by atoms with E-state index >= 15 is 0 Å². The number of benzene rings is 3. The molecule has 124 valence electrons. The third-order valence-electron chi connectivity index (χ3n) is 3.53. The fraction of sp³-hybridized carbons (Fsp3) is 0. The van der Waals surface area contributed by atoms with Gasteiger partial charge >= 0.3 is 0 Å². The van der Waals surface area contributed by atoms with Crippen LogP contribution in [0.25, 0.3) is 0 Å². The molecule has 0 saturated heterocycles. The van der Waals surface area contributed by atoms with Crippen LogP contribution in [0.3, 0.4) is 0 Å². The Labute approximate surface area is 159 Å². The highest BCUT2D eigenvalue weighted by Gasteiger charge is 2.11. The number of halogens is 1. The van der Waals surface area contributed by atoms with Crippen molar-refractivity contribution in [2.45, 2.75) is 0 Å². The molecule has 4 nitrogen and oxygen atoms in total. The summed E-state index contributed by atoms with van der Waals surface area (Å²) in [7, 11) is 0. The van der Waals surface area contributed by atoms with E-state index in [0.717, 1.165) is 9.26 Å². The highest BCUT2D eigenvalue weighted by molar-refractivity contribution is 14.1. The Bertz CT molecular complexity index is 910. The van der Waals surface area contributed by atoms with Gasteiger partial charge in [-0.2, -0.15) is 0 Å². The largest absolute Gasteiger partial charge is 0.322 e. The van der Waals surface area contributed by atoms with Gasteiger partial charge in [0.25, 0.3) is 11.8 Å². The van der Waals surface area contributed by atoms with Crippen molar-refractivity contribution in [3.63, 3.8) is 0 Å². The molecule has 0 radical (unpaired) electrons. The number of para-hydroxylation sites is 1. The monoisotopic (exact) mass is 442 g/mol. The number of hydrogen-bond acceptors (Lipinski definition) is 2. The summed E-state index contributed by atoms with van der Waals surface area (Å²) in [4.78, 5) is 24.7. The Balaban J connectivity index is 1.74. The SMILES string of the molecule is O=C(Nc1ccccc1)c1cccc(NC(=O)c2ccccc2I)c1. The highest BCUT2D eigenvalue weighted by Crippen LogP contribution is 2.17. The van der Waals surface area contributed by atoms with Crippen LogP contribution in [0, 0.1) is 3.57 Å². The minimum Gasteiger partial charge on any atom is -0.322 e. The van der Waals surface area contributed by atoms with Gasteiger partial charge in [0.2, 0.25) is 0 Å². The molecule has 0 aliphatic carbocycles. The van der Waals surface area contributed by atoms with Gasteiger partial charge in [0, 0.05) is 20.5 Å². The Morgan fingerprint density at radius 2 is 1.32 bits per heavy atom. The molecule has 2 N–H and O–H groups in total. The molecule has 0 unspecified atom stereocenters. The second-order valence-electron chi connectivity index (χ2n) is 5.33. The Morgan fingerprint density at radius 1 is 0.680 bits per heavy atom. The first-order chi connectivity index (χ1) is 12.1. The molecule has 3 aromatic carbocycles. The Morgan fingerprint density at radius 3 is 2.08 bits per heavy atom. The van der Waals surface area contributed by atoms with Gasteiger partial charge in [0.05, 0.1) is 5.56 Å². The Hall–Kier alpha value is -2.67. The van der Waals surface area contributed by atoms with E-state index in [1.54, 1.807) is 30.3 Å². The average molecular weight is 442 g/mol. The van der Waals surface area contributed by atoms with Gasteiger partial charge in [0.1, 0.15) is 0 Å². The number of carbonyl (C=O) groups excluding carboxylic acids is 2. The van der Waals surface area contributed by atoms with Crippen molar-refractivity contribution in [3.05, 3.63) is 93.6 Å². The molecular formula is C20H15IN2O2. The normalized spacial score (nSPS) is 10.1. The lowest BCUT2D eigenvalue weighted by Crippen LogP contribution is -2.15. The average Bonchev–Trinajstić information content (AvgIpc) is 2.63. The molecule has 0 spiro atoms. The number of nitrogens with one attached hydrogen (secondary N) is 2. The van der Waals surface area contributed by atoms with Crippen molar-refractivity contribution in [3.8, 4) is 0 Å². The van der Waals surface area contributed by atoms with Crippen LogP contribution in [0.2, 0.25) is 0 Å². The van der Waals surface area contributed by atoms with E-state index in [1.165, 1.54) is 0 Å². The molecule has 25 heavy (non-hydrogen) atoms. The molecular weight excluding hydrogens is 427 g/mol. The number of hydrogen-bond donors (Lipinski definition) is 2. The summed E-state index contributed by atoms with van der Waals surface area (Å²) in [5, 5.41) is 5.66.